The fourth-order valence-electron chi connectivity index (χ4n) is 1.70. The Hall–Kier alpha value is 0.177. The van der Waals surface area contributed by atoms with Crippen LogP contribution in [0.3, 0.4) is 0 Å². The summed E-state index contributed by atoms with van der Waals surface area (Å²) in [5.41, 5.74) is 0. The molecule has 0 aromatic rings. The zero-order valence-electron chi connectivity index (χ0n) is 10.4. The van der Waals surface area contributed by atoms with Crippen LogP contribution in [0.15, 0.2) is 0 Å². The second-order valence-corrected chi connectivity index (χ2v) is 9.38. The standard InChI is InChI=1S/C12H28NSi/c1-4-5-6-7-8-9-10-11-12-14(2,3)13/h13H,4-12H2,1-3H3. The number of nitrogens with one attached hydrogen (secondary N) is 1. The fourth-order valence-corrected chi connectivity index (χ4v) is 2.83. The average molecular weight is 214 g/mol. The third kappa shape index (κ3) is 12.2. The van der Waals surface area contributed by atoms with E-state index in [0.29, 0.717) is 0 Å². The van der Waals surface area contributed by atoms with E-state index in [-0.39, 0.29) is 0 Å². The summed E-state index contributed by atoms with van der Waals surface area (Å²) in [5, 5.41) is 7.84. The predicted molar refractivity (Wildman–Crippen MR) is 68.0 cm³/mol. The molecule has 0 amide bonds. The van der Waals surface area contributed by atoms with E-state index in [0.717, 1.165) is 0 Å². The number of rotatable bonds is 9. The highest BCUT2D eigenvalue weighted by molar-refractivity contribution is 6.73. The largest absolute Gasteiger partial charge is 0.285 e. The minimum atomic E-state index is -1.49. The highest BCUT2D eigenvalue weighted by atomic mass is 28.3. The third-order valence-corrected chi connectivity index (χ3v) is 4.26. The lowest BCUT2D eigenvalue weighted by atomic mass is 10.1. The topological polar surface area (TPSA) is 23.8 Å². The molecule has 0 heterocycles. The fraction of sp³-hybridized carbons (Fsp3) is 1.00. The van der Waals surface area contributed by atoms with E-state index in [4.69, 9.17) is 5.40 Å². The molecule has 1 N–H and O–H groups in total. The van der Waals surface area contributed by atoms with Crippen molar-refractivity contribution in [1.82, 2.24) is 5.40 Å². The summed E-state index contributed by atoms with van der Waals surface area (Å²) in [4.78, 5) is 0. The van der Waals surface area contributed by atoms with Crippen molar-refractivity contribution in [2.45, 2.75) is 77.4 Å². The minimum absolute atomic E-state index is 1.20. The number of hydrogen-bond donors (Lipinski definition) is 0. The molecule has 0 rings (SSSR count). The molecule has 14 heavy (non-hydrogen) atoms. The molecule has 0 saturated carbocycles. The van der Waals surface area contributed by atoms with Crippen molar-refractivity contribution in [1.29, 1.82) is 0 Å². The molecule has 1 radical (unpaired) electrons. The summed E-state index contributed by atoms with van der Waals surface area (Å²) >= 11 is 0. The van der Waals surface area contributed by atoms with Crippen LogP contribution in [0.25, 0.3) is 0 Å². The first-order valence-electron chi connectivity index (χ1n) is 6.31. The third-order valence-electron chi connectivity index (χ3n) is 2.66. The van der Waals surface area contributed by atoms with Gasteiger partial charge in [-0.1, -0.05) is 71.4 Å². The molecular weight excluding hydrogens is 186 g/mol. The zero-order chi connectivity index (χ0) is 10.9. The second-order valence-electron chi connectivity index (χ2n) is 5.11. The van der Waals surface area contributed by atoms with E-state index in [1.807, 2.05) is 0 Å². The van der Waals surface area contributed by atoms with Crippen molar-refractivity contribution >= 4 is 8.24 Å². The Labute approximate surface area is 91.6 Å². The summed E-state index contributed by atoms with van der Waals surface area (Å²) < 4.78 is 0. The van der Waals surface area contributed by atoms with Crippen LogP contribution in [0.2, 0.25) is 19.1 Å². The van der Waals surface area contributed by atoms with E-state index in [2.05, 4.69) is 20.0 Å². The second kappa shape index (κ2) is 8.48. The number of hydrogen-bond acceptors (Lipinski definition) is 0. The van der Waals surface area contributed by atoms with Crippen LogP contribution in [0.5, 0.6) is 0 Å². The van der Waals surface area contributed by atoms with Gasteiger partial charge in [-0.2, -0.15) is 0 Å². The van der Waals surface area contributed by atoms with Crippen LogP contribution < -0.4 is 5.40 Å². The van der Waals surface area contributed by atoms with E-state index >= 15 is 0 Å². The van der Waals surface area contributed by atoms with Gasteiger partial charge in [0.25, 0.3) is 0 Å². The molecule has 0 bridgehead atoms. The summed E-state index contributed by atoms with van der Waals surface area (Å²) in [6, 6.07) is 1.20. The van der Waals surface area contributed by atoms with Gasteiger partial charge in [-0.25, -0.2) is 0 Å². The van der Waals surface area contributed by atoms with Crippen LogP contribution >= 0.6 is 0 Å². The van der Waals surface area contributed by atoms with Crippen LogP contribution in [0.1, 0.15) is 58.3 Å². The normalized spacial score (nSPS) is 12.0. The zero-order valence-corrected chi connectivity index (χ0v) is 11.4. The molecule has 0 aromatic heterocycles. The van der Waals surface area contributed by atoms with Gasteiger partial charge in [0, 0.05) is 0 Å². The van der Waals surface area contributed by atoms with Gasteiger partial charge in [0.2, 0.25) is 0 Å². The summed E-state index contributed by atoms with van der Waals surface area (Å²) in [7, 11) is -1.49. The molecular formula is C12H28NSi. The monoisotopic (exact) mass is 214 g/mol. The Bertz CT molecular complexity index is 118. The molecule has 0 saturated heterocycles. The Balaban J connectivity index is 2.99. The minimum Gasteiger partial charge on any atom is -0.285 e. The lowest BCUT2D eigenvalue weighted by molar-refractivity contribution is 0.584. The van der Waals surface area contributed by atoms with Crippen molar-refractivity contribution < 1.29 is 0 Å². The smallest absolute Gasteiger partial charge is 0.134 e. The molecule has 0 unspecified atom stereocenters. The molecule has 85 valence electrons. The van der Waals surface area contributed by atoms with Gasteiger partial charge in [0.15, 0.2) is 0 Å². The highest BCUT2D eigenvalue weighted by Gasteiger charge is 2.13. The Morgan fingerprint density at radius 1 is 0.786 bits per heavy atom. The molecule has 1 nitrogen and oxygen atoms in total. The van der Waals surface area contributed by atoms with Gasteiger partial charge in [0.05, 0.1) is 0 Å². The Morgan fingerprint density at radius 3 is 1.64 bits per heavy atom. The van der Waals surface area contributed by atoms with E-state index in [1.54, 1.807) is 0 Å². The average Bonchev–Trinajstić information content (AvgIpc) is 2.08. The molecule has 0 aliphatic heterocycles. The maximum absolute atomic E-state index is 7.84. The quantitative estimate of drug-likeness (QED) is 0.395. The van der Waals surface area contributed by atoms with Crippen LogP contribution in [0, 0.1) is 0 Å². The molecule has 2 heteroatoms. The van der Waals surface area contributed by atoms with E-state index in [1.165, 1.54) is 57.4 Å². The van der Waals surface area contributed by atoms with Crippen LogP contribution in [0.4, 0.5) is 0 Å². The van der Waals surface area contributed by atoms with E-state index < -0.39 is 8.24 Å². The van der Waals surface area contributed by atoms with E-state index in [9.17, 15) is 0 Å². The van der Waals surface area contributed by atoms with Gasteiger partial charge in [-0.15, -0.1) is 0 Å². The van der Waals surface area contributed by atoms with Gasteiger partial charge in [0.1, 0.15) is 8.24 Å². The Kier molecular flexibility index (Phi) is 8.59. The summed E-state index contributed by atoms with van der Waals surface area (Å²) in [5.74, 6) is 0. The molecule has 0 aromatic carbocycles. The SMILES string of the molecule is CCCCCCCCCC[Si](C)(C)[NH]. The van der Waals surface area contributed by atoms with Crippen molar-refractivity contribution in [3.63, 3.8) is 0 Å². The first kappa shape index (κ1) is 14.2. The maximum Gasteiger partial charge on any atom is 0.134 e. The van der Waals surface area contributed by atoms with Crippen molar-refractivity contribution in [2.75, 3.05) is 0 Å². The molecule has 0 aliphatic rings. The van der Waals surface area contributed by atoms with Gasteiger partial charge >= 0.3 is 0 Å². The van der Waals surface area contributed by atoms with Crippen molar-refractivity contribution in [3.05, 3.63) is 0 Å². The lowest BCUT2D eigenvalue weighted by Gasteiger charge is -2.13. The molecule has 0 fully saturated rings. The molecule has 0 spiro atoms. The summed E-state index contributed by atoms with van der Waals surface area (Å²) in [6.45, 7) is 6.56. The number of unbranched alkanes of at least 4 members (excludes halogenated alkanes) is 7. The van der Waals surface area contributed by atoms with Crippen LogP contribution in [-0.2, 0) is 0 Å². The first-order valence-corrected chi connectivity index (χ1v) is 9.52. The Morgan fingerprint density at radius 2 is 1.21 bits per heavy atom. The first-order chi connectivity index (χ1) is 6.56. The van der Waals surface area contributed by atoms with Gasteiger partial charge in [-0.3, -0.25) is 5.40 Å². The summed E-state index contributed by atoms with van der Waals surface area (Å²) in [6.07, 6.45) is 11.1. The van der Waals surface area contributed by atoms with Crippen molar-refractivity contribution in [2.24, 2.45) is 0 Å². The maximum atomic E-state index is 7.84. The molecule has 0 atom stereocenters. The molecule has 0 aliphatic carbocycles. The van der Waals surface area contributed by atoms with Gasteiger partial charge in [-0.05, 0) is 6.04 Å². The van der Waals surface area contributed by atoms with Crippen molar-refractivity contribution in [3.8, 4) is 0 Å². The highest BCUT2D eigenvalue weighted by Crippen LogP contribution is 2.13. The van der Waals surface area contributed by atoms with Crippen LogP contribution in [-0.4, -0.2) is 8.24 Å². The lowest BCUT2D eigenvalue weighted by Crippen LogP contribution is -2.26. The predicted octanol–water partition coefficient (Wildman–Crippen LogP) is 4.62. The van der Waals surface area contributed by atoms with Gasteiger partial charge < -0.3 is 0 Å².